The van der Waals surface area contributed by atoms with E-state index in [1.165, 1.54) is 11.3 Å². The summed E-state index contributed by atoms with van der Waals surface area (Å²) in [6, 6.07) is 3.99. The van der Waals surface area contributed by atoms with Crippen LogP contribution in [0.3, 0.4) is 0 Å². The molecule has 0 saturated carbocycles. The van der Waals surface area contributed by atoms with E-state index in [9.17, 15) is 19.7 Å². The van der Waals surface area contributed by atoms with Gasteiger partial charge in [0.25, 0.3) is 11.2 Å². The van der Waals surface area contributed by atoms with E-state index in [-0.39, 0.29) is 18.0 Å². The van der Waals surface area contributed by atoms with Gasteiger partial charge >= 0.3 is 0 Å². The third-order valence-electron chi connectivity index (χ3n) is 2.83. The van der Waals surface area contributed by atoms with E-state index >= 15 is 0 Å². The number of hydrogen-bond acceptors (Lipinski definition) is 5. The Morgan fingerprint density at radius 1 is 1.40 bits per heavy atom. The van der Waals surface area contributed by atoms with Crippen molar-refractivity contribution in [3.63, 3.8) is 0 Å². The summed E-state index contributed by atoms with van der Waals surface area (Å²) in [5.41, 5.74) is -0.0879. The Morgan fingerprint density at radius 3 is 2.65 bits per heavy atom. The third-order valence-corrected chi connectivity index (χ3v) is 3.80. The van der Waals surface area contributed by atoms with Gasteiger partial charge < -0.3 is 4.57 Å². The summed E-state index contributed by atoms with van der Waals surface area (Å²) in [4.78, 5) is 35.8. The Labute approximate surface area is 118 Å². The normalized spacial score (nSPS) is 10.5. The van der Waals surface area contributed by atoms with Crippen LogP contribution in [0.5, 0.6) is 0 Å². The number of pyridine rings is 1. The summed E-state index contributed by atoms with van der Waals surface area (Å²) in [5, 5.41) is 10.7. The van der Waals surface area contributed by atoms with Crippen LogP contribution in [0, 0.1) is 24.0 Å². The Kier molecular flexibility index (Phi) is 3.80. The van der Waals surface area contributed by atoms with Gasteiger partial charge in [-0.2, -0.15) is 0 Å². The molecule has 0 aromatic carbocycles. The van der Waals surface area contributed by atoms with Gasteiger partial charge in [-0.25, -0.2) is 0 Å². The molecule has 0 saturated heterocycles. The minimum Gasteiger partial charge on any atom is -0.301 e. The Balaban J connectivity index is 2.32. The molecule has 2 aromatic rings. The highest BCUT2D eigenvalue weighted by Gasteiger charge is 2.15. The van der Waals surface area contributed by atoms with Crippen molar-refractivity contribution in [3.8, 4) is 0 Å². The Morgan fingerprint density at radius 2 is 2.10 bits per heavy atom. The molecule has 0 atom stereocenters. The number of carbonyl (C=O) groups is 1. The first-order valence-electron chi connectivity index (χ1n) is 5.83. The second-order valence-electron chi connectivity index (χ2n) is 4.36. The fourth-order valence-electron chi connectivity index (χ4n) is 1.90. The number of thiophene rings is 1. The molecule has 2 heterocycles. The molecule has 2 aromatic heterocycles. The monoisotopic (exact) mass is 292 g/mol. The molecule has 0 unspecified atom stereocenters. The van der Waals surface area contributed by atoms with E-state index in [1.54, 1.807) is 6.07 Å². The number of carbonyl (C=O) groups excluding carboxylic acids is 1. The molecule has 0 aliphatic carbocycles. The van der Waals surface area contributed by atoms with Crippen LogP contribution in [0.4, 0.5) is 5.69 Å². The van der Waals surface area contributed by atoms with Gasteiger partial charge in [-0.1, -0.05) is 0 Å². The zero-order valence-electron chi connectivity index (χ0n) is 11.0. The van der Waals surface area contributed by atoms with Gasteiger partial charge in [0.15, 0.2) is 5.78 Å². The Hall–Kier alpha value is -2.28. The lowest BCUT2D eigenvalue weighted by atomic mass is 10.1. The van der Waals surface area contributed by atoms with Gasteiger partial charge in [-0.15, -0.1) is 11.3 Å². The van der Waals surface area contributed by atoms with E-state index in [0.29, 0.717) is 5.56 Å². The fraction of sp³-hybridized carbons (Fsp3) is 0.231. The van der Waals surface area contributed by atoms with Gasteiger partial charge in [-0.05, 0) is 19.9 Å². The number of aryl methyl sites for hydroxylation is 2. The molecule has 0 spiro atoms. The first kappa shape index (κ1) is 14.1. The first-order chi connectivity index (χ1) is 9.38. The van der Waals surface area contributed by atoms with Gasteiger partial charge in [-0.3, -0.25) is 19.7 Å². The number of aromatic nitrogens is 1. The second kappa shape index (κ2) is 5.38. The van der Waals surface area contributed by atoms with Crippen LogP contribution in [0.15, 0.2) is 29.2 Å². The lowest BCUT2D eigenvalue weighted by Gasteiger charge is -2.04. The maximum Gasteiger partial charge on any atom is 0.285 e. The lowest BCUT2D eigenvalue weighted by Crippen LogP contribution is -2.23. The van der Waals surface area contributed by atoms with Crippen molar-refractivity contribution >= 4 is 22.8 Å². The van der Waals surface area contributed by atoms with Crippen molar-refractivity contribution in [2.45, 2.75) is 20.4 Å². The molecule has 2 rings (SSSR count). The number of Topliss-reactive ketones (excluding diaryl/α,β-unsaturated/α-hetero) is 1. The van der Waals surface area contributed by atoms with Crippen LogP contribution in [0.2, 0.25) is 0 Å². The SMILES string of the molecule is Cc1cc(C(=O)Cn2cc([N+](=O)[O-])ccc2=O)c(C)s1. The van der Waals surface area contributed by atoms with Crippen molar-refractivity contribution in [1.29, 1.82) is 0 Å². The average molecular weight is 292 g/mol. The second-order valence-corrected chi connectivity index (χ2v) is 5.82. The molecule has 0 radical (unpaired) electrons. The molecule has 0 bridgehead atoms. The van der Waals surface area contributed by atoms with E-state index in [0.717, 1.165) is 32.7 Å². The van der Waals surface area contributed by atoms with Crippen molar-refractivity contribution < 1.29 is 9.72 Å². The van der Waals surface area contributed by atoms with E-state index in [2.05, 4.69) is 0 Å². The molecular formula is C13H12N2O4S. The van der Waals surface area contributed by atoms with Gasteiger partial charge in [0, 0.05) is 27.5 Å². The van der Waals surface area contributed by atoms with Crippen LogP contribution in [-0.2, 0) is 6.54 Å². The molecular weight excluding hydrogens is 280 g/mol. The topological polar surface area (TPSA) is 82.2 Å². The summed E-state index contributed by atoms with van der Waals surface area (Å²) < 4.78 is 1.06. The predicted octanol–water partition coefficient (Wildman–Crippen LogP) is 2.32. The molecule has 0 amide bonds. The largest absolute Gasteiger partial charge is 0.301 e. The number of ketones is 1. The summed E-state index contributed by atoms with van der Waals surface area (Å²) in [7, 11) is 0. The van der Waals surface area contributed by atoms with Crippen LogP contribution in [-0.4, -0.2) is 15.3 Å². The predicted molar refractivity (Wildman–Crippen MR) is 75.5 cm³/mol. The maximum atomic E-state index is 12.2. The number of rotatable bonds is 4. The minimum absolute atomic E-state index is 0.197. The molecule has 0 aliphatic heterocycles. The molecule has 0 N–H and O–H groups in total. The van der Waals surface area contributed by atoms with Crippen LogP contribution >= 0.6 is 11.3 Å². The quantitative estimate of drug-likeness (QED) is 0.492. The summed E-state index contributed by atoms with van der Waals surface area (Å²) in [5.74, 6) is -0.227. The molecule has 104 valence electrons. The number of hydrogen-bond donors (Lipinski definition) is 0. The van der Waals surface area contributed by atoms with Crippen LogP contribution in [0.1, 0.15) is 20.1 Å². The van der Waals surface area contributed by atoms with E-state index in [4.69, 9.17) is 0 Å². The molecule has 20 heavy (non-hydrogen) atoms. The standard InChI is InChI=1S/C13H12N2O4S/c1-8-5-11(9(2)20-8)12(16)7-14-6-10(15(18)19)3-4-13(14)17/h3-6H,7H2,1-2H3. The highest BCUT2D eigenvalue weighted by molar-refractivity contribution is 7.12. The van der Waals surface area contributed by atoms with Crippen molar-refractivity contribution in [1.82, 2.24) is 4.57 Å². The van der Waals surface area contributed by atoms with E-state index in [1.807, 2.05) is 13.8 Å². The molecule has 0 fully saturated rings. The minimum atomic E-state index is -0.597. The lowest BCUT2D eigenvalue weighted by molar-refractivity contribution is -0.385. The highest BCUT2D eigenvalue weighted by atomic mass is 32.1. The third kappa shape index (κ3) is 2.83. The van der Waals surface area contributed by atoms with Crippen LogP contribution < -0.4 is 5.56 Å². The molecule has 7 heteroatoms. The summed E-state index contributed by atoms with van der Waals surface area (Å²) in [6.07, 6.45) is 1.09. The van der Waals surface area contributed by atoms with Crippen LogP contribution in [0.25, 0.3) is 0 Å². The van der Waals surface area contributed by atoms with Crippen molar-refractivity contribution in [2.75, 3.05) is 0 Å². The number of nitro groups is 1. The van der Waals surface area contributed by atoms with Crippen molar-refractivity contribution in [3.05, 3.63) is 60.2 Å². The average Bonchev–Trinajstić information content (AvgIpc) is 2.71. The van der Waals surface area contributed by atoms with Gasteiger partial charge in [0.2, 0.25) is 0 Å². The van der Waals surface area contributed by atoms with Gasteiger partial charge in [0.05, 0.1) is 17.7 Å². The zero-order valence-corrected chi connectivity index (χ0v) is 11.8. The fourth-order valence-corrected chi connectivity index (χ4v) is 2.84. The van der Waals surface area contributed by atoms with Gasteiger partial charge in [0.1, 0.15) is 0 Å². The maximum absolute atomic E-state index is 12.2. The highest BCUT2D eigenvalue weighted by Crippen LogP contribution is 2.21. The smallest absolute Gasteiger partial charge is 0.285 e. The van der Waals surface area contributed by atoms with E-state index < -0.39 is 10.5 Å². The molecule has 6 nitrogen and oxygen atoms in total. The summed E-state index contributed by atoms with van der Waals surface area (Å²) >= 11 is 1.50. The number of nitrogens with zero attached hydrogens (tertiary/aromatic N) is 2. The summed E-state index contributed by atoms with van der Waals surface area (Å²) in [6.45, 7) is 3.53. The Bertz CT molecular complexity index is 745. The molecule has 0 aliphatic rings. The first-order valence-corrected chi connectivity index (χ1v) is 6.65. The zero-order chi connectivity index (χ0) is 14.9. The van der Waals surface area contributed by atoms with Crippen molar-refractivity contribution in [2.24, 2.45) is 0 Å².